The van der Waals surface area contributed by atoms with E-state index in [2.05, 4.69) is 42.7 Å². The zero-order chi connectivity index (χ0) is 15.0. The van der Waals surface area contributed by atoms with Gasteiger partial charge in [-0.3, -0.25) is 14.9 Å². The van der Waals surface area contributed by atoms with Gasteiger partial charge in [-0.25, -0.2) is 0 Å². The molecule has 4 heteroatoms. The highest BCUT2D eigenvalue weighted by atomic mass is 16.2. The van der Waals surface area contributed by atoms with Gasteiger partial charge in [-0.2, -0.15) is 0 Å². The lowest BCUT2D eigenvalue weighted by Crippen LogP contribution is -2.19. The van der Waals surface area contributed by atoms with Crippen molar-refractivity contribution in [2.75, 3.05) is 5.32 Å². The molecule has 0 radical (unpaired) electrons. The number of carbonyl (C=O) groups is 2. The van der Waals surface area contributed by atoms with Gasteiger partial charge in [0.15, 0.2) is 0 Å². The topological polar surface area (TPSA) is 58.2 Å². The van der Waals surface area contributed by atoms with Crippen molar-refractivity contribution < 1.29 is 9.59 Å². The Morgan fingerprint density at radius 3 is 2.29 bits per heavy atom. The van der Waals surface area contributed by atoms with E-state index < -0.39 is 0 Å². The number of imide groups is 1. The summed E-state index contributed by atoms with van der Waals surface area (Å²) in [5.41, 5.74) is 5.35. The molecule has 106 valence electrons. The number of benzene rings is 2. The number of rotatable bonds is 3. The molecule has 1 aliphatic heterocycles. The predicted octanol–water partition coefficient (Wildman–Crippen LogP) is 2.80. The van der Waals surface area contributed by atoms with Crippen molar-refractivity contribution in [2.24, 2.45) is 0 Å². The van der Waals surface area contributed by atoms with Crippen molar-refractivity contribution in [2.45, 2.75) is 20.4 Å². The average molecular weight is 280 g/mol. The molecule has 0 saturated carbocycles. The van der Waals surface area contributed by atoms with E-state index in [9.17, 15) is 9.59 Å². The van der Waals surface area contributed by atoms with E-state index in [1.165, 1.54) is 16.7 Å². The van der Waals surface area contributed by atoms with Gasteiger partial charge in [-0.05, 0) is 37.6 Å². The normalized spacial score (nSPS) is 13.0. The third-order valence-corrected chi connectivity index (χ3v) is 3.51. The minimum Gasteiger partial charge on any atom is -0.381 e. The largest absolute Gasteiger partial charge is 0.381 e. The molecule has 2 aromatic rings. The standard InChI is InChI=1S/C17H16N2O2/c1-10-5-11(2)7-12(6-10)9-18-13-3-4-14-15(8-13)17(21)19-16(14)20/h3-8,18H,9H2,1-2H3,(H,19,20,21). The minimum absolute atomic E-state index is 0.323. The van der Waals surface area contributed by atoms with E-state index in [0.717, 1.165) is 5.69 Å². The van der Waals surface area contributed by atoms with Gasteiger partial charge in [0.05, 0.1) is 11.1 Å². The second kappa shape index (κ2) is 5.05. The number of hydrogen-bond acceptors (Lipinski definition) is 3. The van der Waals surface area contributed by atoms with Crippen molar-refractivity contribution in [3.63, 3.8) is 0 Å². The van der Waals surface area contributed by atoms with Crippen LogP contribution in [0.2, 0.25) is 0 Å². The summed E-state index contributed by atoms with van der Waals surface area (Å²) in [4.78, 5) is 23.1. The molecule has 0 atom stereocenters. The number of carbonyl (C=O) groups excluding carboxylic acids is 2. The number of hydrogen-bond donors (Lipinski definition) is 2. The smallest absolute Gasteiger partial charge is 0.259 e. The Balaban J connectivity index is 1.79. The molecule has 0 spiro atoms. The van der Waals surface area contributed by atoms with Crippen LogP contribution in [0.1, 0.15) is 37.4 Å². The Labute approximate surface area is 123 Å². The van der Waals surface area contributed by atoms with Crippen LogP contribution in [-0.4, -0.2) is 11.8 Å². The van der Waals surface area contributed by atoms with E-state index in [-0.39, 0.29) is 11.8 Å². The summed E-state index contributed by atoms with van der Waals surface area (Å²) in [6, 6.07) is 11.6. The molecule has 0 aromatic heterocycles. The molecular formula is C17H16N2O2. The molecule has 2 N–H and O–H groups in total. The minimum atomic E-state index is -0.329. The summed E-state index contributed by atoms with van der Waals surface area (Å²) >= 11 is 0. The van der Waals surface area contributed by atoms with Crippen LogP contribution < -0.4 is 10.6 Å². The molecule has 2 amide bonds. The molecule has 0 unspecified atom stereocenters. The van der Waals surface area contributed by atoms with Gasteiger partial charge in [-0.1, -0.05) is 29.3 Å². The van der Waals surface area contributed by atoms with Gasteiger partial charge >= 0.3 is 0 Å². The maximum atomic E-state index is 11.6. The van der Waals surface area contributed by atoms with Crippen LogP contribution in [-0.2, 0) is 6.54 Å². The van der Waals surface area contributed by atoms with Crippen LogP contribution in [0.5, 0.6) is 0 Å². The fraction of sp³-hybridized carbons (Fsp3) is 0.176. The first kappa shape index (κ1) is 13.4. The van der Waals surface area contributed by atoms with Gasteiger partial charge in [0.1, 0.15) is 0 Å². The van der Waals surface area contributed by atoms with E-state index in [0.29, 0.717) is 17.7 Å². The monoisotopic (exact) mass is 280 g/mol. The van der Waals surface area contributed by atoms with Crippen LogP contribution in [0.3, 0.4) is 0 Å². The third kappa shape index (κ3) is 2.65. The number of amides is 2. The van der Waals surface area contributed by atoms with E-state index in [4.69, 9.17) is 0 Å². The zero-order valence-corrected chi connectivity index (χ0v) is 12.0. The fourth-order valence-corrected chi connectivity index (χ4v) is 2.65. The first-order valence-electron chi connectivity index (χ1n) is 6.84. The SMILES string of the molecule is Cc1cc(C)cc(CNc2ccc3c(c2)C(=O)NC3=O)c1. The lowest BCUT2D eigenvalue weighted by Gasteiger charge is -2.09. The van der Waals surface area contributed by atoms with E-state index in [1.807, 2.05) is 6.07 Å². The van der Waals surface area contributed by atoms with Crippen molar-refractivity contribution >= 4 is 17.5 Å². The van der Waals surface area contributed by atoms with Crippen LogP contribution in [0.4, 0.5) is 5.69 Å². The molecule has 21 heavy (non-hydrogen) atoms. The van der Waals surface area contributed by atoms with Gasteiger partial charge in [0.2, 0.25) is 0 Å². The second-order valence-corrected chi connectivity index (χ2v) is 5.39. The quantitative estimate of drug-likeness (QED) is 0.850. The maximum Gasteiger partial charge on any atom is 0.259 e. The molecule has 1 heterocycles. The van der Waals surface area contributed by atoms with Gasteiger partial charge in [0.25, 0.3) is 11.8 Å². The number of fused-ring (bicyclic) bond motifs is 1. The van der Waals surface area contributed by atoms with Crippen LogP contribution >= 0.6 is 0 Å². The molecule has 4 nitrogen and oxygen atoms in total. The fourth-order valence-electron chi connectivity index (χ4n) is 2.65. The Hall–Kier alpha value is -2.62. The summed E-state index contributed by atoms with van der Waals surface area (Å²) in [6.07, 6.45) is 0. The highest BCUT2D eigenvalue weighted by Gasteiger charge is 2.26. The zero-order valence-electron chi connectivity index (χ0n) is 12.0. The maximum absolute atomic E-state index is 11.6. The van der Waals surface area contributed by atoms with Crippen LogP contribution in [0.15, 0.2) is 36.4 Å². The van der Waals surface area contributed by atoms with Gasteiger partial charge in [-0.15, -0.1) is 0 Å². The van der Waals surface area contributed by atoms with Crippen LogP contribution in [0.25, 0.3) is 0 Å². The highest BCUT2D eigenvalue weighted by Crippen LogP contribution is 2.21. The first-order chi connectivity index (χ1) is 10.0. The Morgan fingerprint density at radius 1 is 0.905 bits per heavy atom. The number of anilines is 1. The summed E-state index contributed by atoms with van der Waals surface area (Å²) in [6.45, 7) is 4.82. The summed E-state index contributed by atoms with van der Waals surface area (Å²) in [5, 5.41) is 5.58. The second-order valence-electron chi connectivity index (χ2n) is 5.39. The van der Waals surface area contributed by atoms with Crippen molar-refractivity contribution in [1.29, 1.82) is 0 Å². The van der Waals surface area contributed by atoms with Crippen molar-refractivity contribution in [3.05, 3.63) is 64.2 Å². The lowest BCUT2D eigenvalue weighted by atomic mass is 10.1. The van der Waals surface area contributed by atoms with Crippen molar-refractivity contribution in [3.8, 4) is 0 Å². The molecule has 2 aromatic carbocycles. The molecule has 0 fully saturated rings. The van der Waals surface area contributed by atoms with E-state index >= 15 is 0 Å². The Kier molecular flexibility index (Phi) is 3.22. The Morgan fingerprint density at radius 2 is 1.57 bits per heavy atom. The lowest BCUT2D eigenvalue weighted by molar-refractivity contribution is 0.0879. The number of aryl methyl sites for hydroxylation is 2. The predicted molar refractivity (Wildman–Crippen MR) is 81.5 cm³/mol. The van der Waals surface area contributed by atoms with E-state index in [1.54, 1.807) is 12.1 Å². The summed E-state index contributed by atoms with van der Waals surface area (Å²) < 4.78 is 0. The van der Waals surface area contributed by atoms with Crippen LogP contribution in [0, 0.1) is 13.8 Å². The number of nitrogens with one attached hydrogen (secondary N) is 2. The summed E-state index contributed by atoms with van der Waals surface area (Å²) in [5.74, 6) is -0.652. The molecule has 0 aliphatic carbocycles. The molecule has 1 aliphatic rings. The molecule has 3 rings (SSSR count). The summed E-state index contributed by atoms with van der Waals surface area (Å²) in [7, 11) is 0. The van der Waals surface area contributed by atoms with Crippen molar-refractivity contribution in [1.82, 2.24) is 5.32 Å². The molecule has 0 bridgehead atoms. The highest BCUT2D eigenvalue weighted by molar-refractivity contribution is 6.21. The Bertz CT molecular complexity index is 730. The average Bonchev–Trinajstić information content (AvgIpc) is 2.70. The first-order valence-corrected chi connectivity index (χ1v) is 6.84. The van der Waals surface area contributed by atoms with Gasteiger partial charge in [0, 0.05) is 12.2 Å². The third-order valence-electron chi connectivity index (χ3n) is 3.51. The molecular weight excluding hydrogens is 264 g/mol. The van der Waals surface area contributed by atoms with Gasteiger partial charge < -0.3 is 5.32 Å². The molecule has 0 saturated heterocycles.